The first-order valence-electron chi connectivity index (χ1n) is 5.29. The Bertz CT molecular complexity index is 526. The molecule has 2 rings (SSSR count). The summed E-state index contributed by atoms with van der Waals surface area (Å²) in [5.74, 6) is -0.153. The maximum Gasteiger partial charge on any atom is 0.416 e. The summed E-state index contributed by atoms with van der Waals surface area (Å²) in [5.41, 5.74) is 0.302. The van der Waals surface area contributed by atoms with E-state index in [9.17, 15) is 18.0 Å². The number of Topliss-reactive ketones (excluding diaryl/α,β-unsaturated/α-hetero) is 1. The van der Waals surface area contributed by atoms with E-state index in [-0.39, 0.29) is 12.2 Å². The van der Waals surface area contributed by atoms with Crippen LogP contribution in [0.3, 0.4) is 0 Å². The molecule has 0 aliphatic rings. The number of carbonyl (C=O) groups excluding carboxylic acids is 1. The number of hydrogen-bond acceptors (Lipinski definition) is 1. The van der Waals surface area contributed by atoms with Crippen molar-refractivity contribution in [2.45, 2.75) is 12.6 Å². The summed E-state index contributed by atoms with van der Waals surface area (Å²) < 4.78 is 37.0. The number of aromatic amines is 1. The van der Waals surface area contributed by atoms with E-state index in [0.717, 1.165) is 12.1 Å². The van der Waals surface area contributed by atoms with Gasteiger partial charge in [0.25, 0.3) is 0 Å². The fourth-order valence-electron chi connectivity index (χ4n) is 1.60. The first-order chi connectivity index (χ1) is 8.47. The van der Waals surface area contributed by atoms with Gasteiger partial charge >= 0.3 is 6.18 Å². The average molecular weight is 253 g/mol. The maximum absolute atomic E-state index is 12.3. The Morgan fingerprint density at radius 3 is 2.28 bits per heavy atom. The van der Waals surface area contributed by atoms with Crippen molar-refractivity contribution in [2.24, 2.45) is 0 Å². The minimum Gasteiger partial charge on any atom is -0.359 e. The normalized spacial score (nSPS) is 11.5. The van der Waals surface area contributed by atoms with Crippen LogP contribution in [0.15, 0.2) is 42.6 Å². The van der Waals surface area contributed by atoms with Gasteiger partial charge in [0.15, 0.2) is 5.78 Å². The van der Waals surface area contributed by atoms with Gasteiger partial charge in [-0.15, -0.1) is 0 Å². The van der Waals surface area contributed by atoms with Crippen LogP contribution in [0.2, 0.25) is 0 Å². The second-order valence-corrected chi connectivity index (χ2v) is 3.88. The van der Waals surface area contributed by atoms with Crippen molar-refractivity contribution in [3.05, 3.63) is 59.4 Å². The van der Waals surface area contributed by atoms with Crippen molar-refractivity contribution < 1.29 is 18.0 Å². The Balaban J connectivity index is 2.09. The Morgan fingerprint density at radius 1 is 1.11 bits per heavy atom. The fourth-order valence-corrected chi connectivity index (χ4v) is 1.60. The second-order valence-electron chi connectivity index (χ2n) is 3.88. The minimum atomic E-state index is -4.35. The lowest BCUT2D eigenvalue weighted by molar-refractivity contribution is -0.137. The molecule has 1 heterocycles. The van der Waals surface area contributed by atoms with E-state index in [1.807, 2.05) is 0 Å². The van der Waals surface area contributed by atoms with Gasteiger partial charge in [-0.05, 0) is 29.8 Å². The molecule has 0 aliphatic heterocycles. The van der Waals surface area contributed by atoms with Gasteiger partial charge in [0.1, 0.15) is 0 Å². The lowest BCUT2D eigenvalue weighted by Crippen LogP contribution is -2.06. The first-order valence-corrected chi connectivity index (χ1v) is 5.29. The molecule has 0 aliphatic carbocycles. The van der Waals surface area contributed by atoms with Gasteiger partial charge < -0.3 is 4.98 Å². The number of benzene rings is 1. The van der Waals surface area contributed by atoms with Crippen LogP contribution in [0.4, 0.5) is 13.2 Å². The number of alkyl halides is 3. The van der Waals surface area contributed by atoms with Crippen molar-refractivity contribution in [3.8, 4) is 0 Å². The summed E-state index contributed by atoms with van der Waals surface area (Å²) in [6, 6.07) is 7.94. The third-order valence-electron chi connectivity index (χ3n) is 2.54. The van der Waals surface area contributed by atoms with Crippen LogP contribution in [0, 0.1) is 0 Å². The summed E-state index contributed by atoms with van der Waals surface area (Å²) in [7, 11) is 0. The van der Waals surface area contributed by atoms with Crippen molar-refractivity contribution in [2.75, 3.05) is 0 Å². The van der Waals surface area contributed by atoms with Gasteiger partial charge in [0.2, 0.25) is 0 Å². The SMILES string of the molecule is O=C(Cc1ccc(C(F)(F)F)cc1)c1ccc[nH]1. The molecule has 18 heavy (non-hydrogen) atoms. The van der Waals surface area contributed by atoms with Crippen LogP contribution in [0.5, 0.6) is 0 Å². The molecular formula is C13H10F3NO. The molecule has 2 aromatic rings. The van der Waals surface area contributed by atoms with Crippen LogP contribution in [0.25, 0.3) is 0 Å². The molecule has 0 spiro atoms. The van der Waals surface area contributed by atoms with Gasteiger partial charge in [-0.1, -0.05) is 12.1 Å². The highest BCUT2D eigenvalue weighted by atomic mass is 19.4. The number of aromatic nitrogens is 1. The molecule has 0 fully saturated rings. The van der Waals surface area contributed by atoms with Gasteiger partial charge in [-0.25, -0.2) is 0 Å². The lowest BCUT2D eigenvalue weighted by atomic mass is 10.1. The van der Waals surface area contributed by atoms with E-state index in [0.29, 0.717) is 11.3 Å². The number of H-pyrrole nitrogens is 1. The first kappa shape index (κ1) is 12.4. The zero-order chi connectivity index (χ0) is 13.2. The van der Waals surface area contributed by atoms with E-state index < -0.39 is 11.7 Å². The van der Waals surface area contributed by atoms with Crippen LogP contribution >= 0.6 is 0 Å². The molecule has 0 saturated carbocycles. The highest BCUT2D eigenvalue weighted by molar-refractivity contribution is 5.95. The van der Waals surface area contributed by atoms with Crippen LogP contribution < -0.4 is 0 Å². The van der Waals surface area contributed by atoms with Gasteiger partial charge in [-0.3, -0.25) is 4.79 Å². The number of rotatable bonds is 3. The minimum absolute atomic E-state index is 0.0820. The van der Waals surface area contributed by atoms with Gasteiger partial charge in [-0.2, -0.15) is 13.2 Å². The highest BCUT2D eigenvalue weighted by Crippen LogP contribution is 2.29. The molecule has 5 heteroatoms. The van der Waals surface area contributed by atoms with Crippen molar-refractivity contribution in [1.82, 2.24) is 4.98 Å². The molecule has 0 saturated heterocycles. The number of hydrogen-bond donors (Lipinski definition) is 1. The highest BCUT2D eigenvalue weighted by Gasteiger charge is 2.29. The fraction of sp³-hybridized carbons (Fsp3) is 0.154. The molecule has 0 amide bonds. The van der Waals surface area contributed by atoms with Crippen LogP contribution in [0.1, 0.15) is 21.6 Å². The number of halogens is 3. The summed E-state index contributed by atoms with van der Waals surface area (Å²) in [6.07, 6.45) is -2.64. The third kappa shape index (κ3) is 2.80. The second kappa shape index (κ2) is 4.68. The summed E-state index contributed by atoms with van der Waals surface area (Å²) in [6.45, 7) is 0. The molecule has 1 N–H and O–H groups in total. The van der Waals surface area contributed by atoms with E-state index >= 15 is 0 Å². The number of nitrogens with one attached hydrogen (secondary N) is 1. The number of carbonyl (C=O) groups is 1. The van der Waals surface area contributed by atoms with Crippen molar-refractivity contribution in [1.29, 1.82) is 0 Å². The van der Waals surface area contributed by atoms with E-state index in [4.69, 9.17) is 0 Å². The predicted octanol–water partition coefficient (Wildman–Crippen LogP) is 3.46. The monoisotopic (exact) mass is 253 g/mol. The zero-order valence-corrected chi connectivity index (χ0v) is 9.29. The van der Waals surface area contributed by atoms with Crippen LogP contribution in [-0.4, -0.2) is 10.8 Å². The predicted molar refractivity (Wildman–Crippen MR) is 60.3 cm³/mol. The quantitative estimate of drug-likeness (QED) is 0.835. The molecule has 1 aromatic carbocycles. The Kier molecular flexibility index (Phi) is 3.23. The molecule has 0 radical (unpaired) electrons. The van der Waals surface area contributed by atoms with E-state index in [1.54, 1.807) is 18.3 Å². The Morgan fingerprint density at radius 2 is 1.78 bits per heavy atom. The van der Waals surface area contributed by atoms with Gasteiger partial charge in [0, 0.05) is 12.6 Å². The lowest BCUT2D eigenvalue weighted by Gasteiger charge is -2.07. The topological polar surface area (TPSA) is 32.9 Å². The molecular weight excluding hydrogens is 243 g/mol. The zero-order valence-electron chi connectivity index (χ0n) is 9.29. The molecule has 0 unspecified atom stereocenters. The number of ketones is 1. The molecule has 2 nitrogen and oxygen atoms in total. The Labute approximate surface area is 101 Å². The third-order valence-corrected chi connectivity index (χ3v) is 2.54. The van der Waals surface area contributed by atoms with E-state index in [1.165, 1.54) is 12.1 Å². The largest absolute Gasteiger partial charge is 0.416 e. The van der Waals surface area contributed by atoms with Crippen molar-refractivity contribution >= 4 is 5.78 Å². The summed E-state index contributed by atoms with van der Waals surface area (Å²) >= 11 is 0. The standard InChI is InChI=1S/C13H10F3NO/c14-13(15,16)10-5-3-9(4-6-10)8-12(18)11-2-1-7-17-11/h1-7,17H,8H2. The molecule has 0 atom stereocenters. The Hall–Kier alpha value is -2.04. The maximum atomic E-state index is 12.3. The summed E-state index contributed by atoms with van der Waals surface area (Å²) in [4.78, 5) is 14.5. The molecule has 0 bridgehead atoms. The average Bonchev–Trinajstić information content (AvgIpc) is 2.82. The van der Waals surface area contributed by atoms with E-state index in [2.05, 4.69) is 4.98 Å². The molecule has 1 aromatic heterocycles. The van der Waals surface area contributed by atoms with Crippen molar-refractivity contribution in [3.63, 3.8) is 0 Å². The smallest absolute Gasteiger partial charge is 0.359 e. The van der Waals surface area contributed by atoms with Crippen LogP contribution in [-0.2, 0) is 12.6 Å². The molecule has 94 valence electrons. The summed E-state index contributed by atoms with van der Waals surface area (Å²) in [5, 5.41) is 0. The van der Waals surface area contributed by atoms with Gasteiger partial charge in [0.05, 0.1) is 11.3 Å².